The highest BCUT2D eigenvalue weighted by molar-refractivity contribution is 5.56. The molecule has 2 rings (SSSR count). The maximum atomic E-state index is 12.6. The third-order valence-corrected chi connectivity index (χ3v) is 3.30. The number of anilines is 2. The maximum absolute atomic E-state index is 12.6. The van der Waals surface area contributed by atoms with E-state index in [9.17, 15) is 13.2 Å². The zero-order chi connectivity index (χ0) is 16.7. The van der Waals surface area contributed by atoms with Gasteiger partial charge in [0.25, 0.3) is 0 Å². The molecule has 0 heterocycles. The molecule has 2 aromatic carbocycles. The van der Waals surface area contributed by atoms with Crippen LogP contribution in [0.4, 0.5) is 24.5 Å². The number of benzene rings is 2. The summed E-state index contributed by atoms with van der Waals surface area (Å²) < 4.78 is 43.1. The average molecular weight is 324 g/mol. The summed E-state index contributed by atoms with van der Waals surface area (Å²) in [4.78, 5) is 0. The van der Waals surface area contributed by atoms with Gasteiger partial charge in [0.1, 0.15) is 5.75 Å². The monoisotopic (exact) mass is 324 g/mol. The second kappa shape index (κ2) is 7.76. The zero-order valence-electron chi connectivity index (χ0n) is 12.8. The molecule has 3 nitrogen and oxygen atoms in total. The summed E-state index contributed by atoms with van der Waals surface area (Å²) in [7, 11) is 1.61. The first-order valence-corrected chi connectivity index (χ1v) is 7.29. The molecule has 0 unspecified atom stereocenters. The molecule has 124 valence electrons. The molecule has 0 aromatic heterocycles. The first-order chi connectivity index (χ1) is 11.0. The number of nitrogens with one attached hydrogen (secondary N) is 2. The average Bonchev–Trinajstić information content (AvgIpc) is 2.54. The number of hydrogen-bond donors (Lipinski definition) is 2. The minimum atomic E-state index is -4.32. The molecule has 0 spiro atoms. The Morgan fingerprint density at radius 1 is 0.957 bits per heavy atom. The third kappa shape index (κ3) is 5.09. The Morgan fingerprint density at radius 3 is 2.43 bits per heavy atom. The molecule has 0 aliphatic rings. The van der Waals surface area contributed by atoms with Gasteiger partial charge in [-0.1, -0.05) is 18.2 Å². The minimum absolute atomic E-state index is 0.470. The molecule has 0 radical (unpaired) electrons. The fourth-order valence-electron chi connectivity index (χ4n) is 2.14. The lowest BCUT2D eigenvalue weighted by Crippen LogP contribution is -2.10. The van der Waals surface area contributed by atoms with Crippen LogP contribution >= 0.6 is 0 Å². The van der Waals surface area contributed by atoms with Gasteiger partial charge in [-0.3, -0.25) is 0 Å². The SMILES string of the molecule is COc1ccccc1NCCCNc1cccc(C(F)(F)F)c1. The van der Waals surface area contributed by atoms with E-state index in [1.54, 1.807) is 13.2 Å². The first kappa shape index (κ1) is 17.0. The van der Waals surface area contributed by atoms with Crippen molar-refractivity contribution < 1.29 is 17.9 Å². The first-order valence-electron chi connectivity index (χ1n) is 7.29. The van der Waals surface area contributed by atoms with E-state index in [2.05, 4.69) is 10.6 Å². The smallest absolute Gasteiger partial charge is 0.416 e. The predicted molar refractivity (Wildman–Crippen MR) is 86.0 cm³/mol. The van der Waals surface area contributed by atoms with Gasteiger partial charge in [-0.05, 0) is 36.8 Å². The Morgan fingerprint density at radius 2 is 1.70 bits per heavy atom. The topological polar surface area (TPSA) is 33.3 Å². The van der Waals surface area contributed by atoms with Crippen LogP contribution < -0.4 is 15.4 Å². The third-order valence-electron chi connectivity index (χ3n) is 3.30. The Labute approximate surface area is 133 Å². The molecule has 0 fully saturated rings. The Bertz CT molecular complexity index is 629. The van der Waals surface area contributed by atoms with Crippen LogP contribution in [0.25, 0.3) is 0 Å². The quantitative estimate of drug-likeness (QED) is 0.729. The van der Waals surface area contributed by atoms with E-state index < -0.39 is 11.7 Å². The number of methoxy groups -OCH3 is 1. The second-order valence-electron chi connectivity index (χ2n) is 4.99. The van der Waals surface area contributed by atoms with Crippen LogP contribution in [0.3, 0.4) is 0 Å². The zero-order valence-corrected chi connectivity index (χ0v) is 12.8. The van der Waals surface area contributed by atoms with E-state index in [4.69, 9.17) is 4.74 Å². The van der Waals surface area contributed by atoms with Gasteiger partial charge < -0.3 is 15.4 Å². The lowest BCUT2D eigenvalue weighted by atomic mass is 10.2. The highest BCUT2D eigenvalue weighted by Crippen LogP contribution is 2.30. The molecule has 0 saturated carbocycles. The standard InChI is InChI=1S/C17H19F3N2O/c1-23-16-9-3-2-8-15(16)22-11-5-10-21-14-7-4-6-13(12-14)17(18,19)20/h2-4,6-9,12,21-22H,5,10-11H2,1H3. The molecule has 0 aliphatic heterocycles. The van der Waals surface area contributed by atoms with E-state index in [-0.39, 0.29) is 0 Å². The van der Waals surface area contributed by atoms with Gasteiger partial charge in [0.2, 0.25) is 0 Å². The maximum Gasteiger partial charge on any atom is 0.416 e. The molecule has 0 aliphatic carbocycles. The van der Waals surface area contributed by atoms with E-state index in [1.807, 2.05) is 24.3 Å². The fourth-order valence-corrected chi connectivity index (χ4v) is 2.14. The molecule has 0 amide bonds. The van der Waals surface area contributed by atoms with Gasteiger partial charge in [-0.15, -0.1) is 0 Å². The van der Waals surface area contributed by atoms with Crippen molar-refractivity contribution in [1.29, 1.82) is 0 Å². The Hall–Kier alpha value is -2.37. The van der Waals surface area contributed by atoms with Gasteiger partial charge in [0, 0.05) is 18.8 Å². The molecule has 6 heteroatoms. The van der Waals surface area contributed by atoms with E-state index in [0.29, 0.717) is 18.8 Å². The van der Waals surface area contributed by atoms with E-state index >= 15 is 0 Å². The minimum Gasteiger partial charge on any atom is -0.495 e. The number of rotatable bonds is 7. The molecule has 0 saturated heterocycles. The van der Waals surface area contributed by atoms with Gasteiger partial charge in [-0.25, -0.2) is 0 Å². The lowest BCUT2D eigenvalue weighted by molar-refractivity contribution is -0.137. The van der Waals surface area contributed by atoms with E-state index in [1.165, 1.54) is 6.07 Å². The normalized spacial score (nSPS) is 11.1. The number of ether oxygens (including phenoxy) is 1. The van der Waals surface area contributed by atoms with Gasteiger partial charge >= 0.3 is 6.18 Å². The van der Waals surface area contributed by atoms with Crippen LogP contribution in [0, 0.1) is 0 Å². The van der Waals surface area contributed by atoms with Crippen molar-refractivity contribution >= 4 is 11.4 Å². The van der Waals surface area contributed by atoms with Crippen molar-refractivity contribution in [3.8, 4) is 5.75 Å². The number of hydrogen-bond acceptors (Lipinski definition) is 3. The number of alkyl halides is 3. The number of para-hydroxylation sites is 2. The van der Waals surface area contributed by atoms with E-state index in [0.717, 1.165) is 30.0 Å². The summed E-state index contributed by atoms with van der Waals surface area (Å²) in [6.45, 7) is 1.26. The van der Waals surface area contributed by atoms with Gasteiger partial charge in [0.05, 0.1) is 18.4 Å². The molecular weight excluding hydrogens is 305 g/mol. The van der Waals surface area contributed by atoms with Crippen LogP contribution in [-0.4, -0.2) is 20.2 Å². The summed E-state index contributed by atoms with van der Waals surface area (Å²) in [6, 6.07) is 12.8. The fraction of sp³-hybridized carbons (Fsp3) is 0.294. The summed E-state index contributed by atoms with van der Waals surface area (Å²) in [5, 5.41) is 6.24. The predicted octanol–water partition coefficient (Wildman–Crippen LogP) is 4.63. The Kier molecular flexibility index (Phi) is 5.73. The largest absolute Gasteiger partial charge is 0.495 e. The van der Waals surface area contributed by atoms with Crippen LogP contribution in [0.1, 0.15) is 12.0 Å². The summed E-state index contributed by atoms with van der Waals surface area (Å²) in [6.07, 6.45) is -3.56. The Balaban J connectivity index is 1.78. The summed E-state index contributed by atoms with van der Waals surface area (Å²) in [5.41, 5.74) is 0.723. The number of halogens is 3. The van der Waals surface area contributed by atoms with Gasteiger partial charge in [-0.2, -0.15) is 13.2 Å². The highest BCUT2D eigenvalue weighted by Gasteiger charge is 2.30. The molecule has 2 N–H and O–H groups in total. The van der Waals surface area contributed by atoms with Crippen molar-refractivity contribution in [2.24, 2.45) is 0 Å². The van der Waals surface area contributed by atoms with Crippen LogP contribution in [0.2, 0.25) is 0 Å². The van der Waals surface area contributed by atoms with Crippen molar-refractivity contribution in [3.05, 3.63) is 54.1 Å². The highest BCUT2D eigenvalue weighted by atomic mass is 19.4. The van der Waals surface area contributed by atoms with Crippen LogP contribution in [0.5, 0.6) is 5.75 Å². The molecular formula is C17H19F3N2O. The molecule has 23 heavy (non-hydrogen) atoms. The molecule has 2 aromatic rings. The lowest BCUT2D eigenvalue weighted by Gasteiger charge is -2.12. The molecule has 0 atom stereocenters. The van der Waals surface area contributed by atoms with Crippen LogP contribution in [-0.2, 0) is 6.18 Å². The van der Waals surface area contributed by atoms with Crippen molar-refractivity contribution in [3.63, 3.8) is 0 Å². The van der Waals surface area contributed by atoms with Crippen LogP contribution in [0.15, 0.2) is 48.5 Å². The summed E-state index contributed by atoms with van der Waals surface area (Å²) >= 11 is 0. The molecule has 0 bridgehead atoms. The van der Waals surface area contributed by atoms with Crippen molar-refractivity contribution in [2.75, 3.05) is 30.8 Å². The second-order valence-corrected chi connectivity index (χ2v) is 4.99. The van der Waals surface area contributed by atoms with Crippen molar-refractivity contribution in [1.82, 2.24) is 0 Å². The summed E-state index contributed by atoms with van der Waals surface area (Å²) in [5.74, 6) is 0.762. The van der Waals surface area contributed by atoms with Crippen molar-refractivity contribution in [2.45, 2.75) is 12.6 Å². The van der Waals surface area contributed by atoms with Gasteiger partial charge in [0.15, 0.2) is 0 Å².